The van der Waals surface area contributed by atoms with Crippen molar-refractivity contribution in [1.29, 1.82) is 0 Å². The van der Waals surface area contributed by atoms with Crippen LogP contribution in [0.3, 0.4) is 0 Å². The zero-order valence-corrected chi connectivity index (χ0v) is 16.3. The van der Waals surface area contributed by atoms with Gasteiger partial charge in [-0.3, -0.25) is 9.48 Å². The van der Waals surface area contributed by atoms with Crippen LogP contribution < -0.4 is 10.1 Å². The van der Waals surface area contributed by atoms with E-state index in [9.17, 15) is 18.0 Å². The van der Waals surface area contributed by atoms with Crippen molar-refractivity contribution >= 4 is 27.5 Å². The van der Waals surface area contributed by atoms with Gasteiger partial charge >= 0.3 is 6.18 Å². The van der Waals surface area contributed by atoms with Crippen LogP contribution in [-0.4, -0.2) is 27.8 Å². The van der Waals surface area contributed by atoms with E-state index in [0.29, 0.717) is 27.3 Å². The second-order valence-corrected chi connectivity index (χ2v) is 6.63. The first-order valence-electron chi connectivity index (χ1n) is 7.91. The number of benzene rings is 1. The van der Waals surface area contributed by atoms with Crippen LogP contribution in [0.1, 0.15) is 15.9 Å². The Morgan fingerprint density at radius 1 is 1.25 bits per heavy atom. The first kappa shape index (κ1) is 19.9. The van der Waals surface area contributed by atoms with E-state index in [1.807, 2.05) is 0 Å². The number of hydrogen-bond acceptors (Lipinski definition) is 4. The molecule has 0 aliphatic heterocycles. The average Bonchev–Trinajstić information content (AvgIpc) is 2.99. The smallest absolute Gasteiger partial charge is 0.416 e. The number of hydrogen-bond donors (Lipinski definition) is 1. The summed E-state index contributed by atoms with van der Waals surface area (Å²) in [4.78, 5) is 16.6. The molecule has 0 aliphatic rings. The van der Waals surface area contributed by atoms with Gasteiger partial charge in [0.25, 0.3) is 5.91 Å². The lowest BCUT2D eigenvalue weighted by Gasteiger charge is -2.12. The highest BCUT2D eigenvalue weighted by molar-refractivity contribution is 9.10. The Morgan fingerprint density at radius 2 is 2.00 bits per heavy atom. The van der Waals surface area contributed by atoms with E-state index in [1.54, 1.807) is 24.0 Å². The predicted octanol–water partition coefficient (Wildman–Crippen LogP) is 4.52. The van der Waals surface area contributed by atoms with E-state index in [1.165, 1.54) is 25.4 Å². The number of carbonyl (C=O) groups excluding carboxylic acids is 1. The SMILES string of the molecule is COc1ncc(NC(=O)c2cccc(C(F)(F)F)c2)cc1-c1c(Br)cnn1C. The number of halogens is 4. The van der Waals surface area contributed by atoms with Gasteiger partial charge in [-0.05, 0) is 40.2 Å². The highest BCUT2D eigenvalue weighted by Crippen LogP contribution is 2.35. The fourth-order valence-corrected chi connectivity index (χ4v) is 3.17. The number of ether oxygens (including phenoxy) is 1. The number of aromatic nitrogens is 3. The van der Waals surface area contributed by atoms with Crippen LogP contribution in [0.2, 0.25) is 0 Å². The molecule has 10 heteroatoms. The lowest BCUT2D eigenvalue weighted by molar-refractivity contribution is -0.137. The number of nitrogens with one attached hydrogen (secondary N) is 1. The second kappa shape index (κ2) is 7.63. The Labute approximate surface area is 166 Å². The molecule has 0 aliphatic carbocycles. The molecule has 28 heavy (non-hydrogen) atoms. The molecule has 2 heterocycles. The van der Waals surface area contributed by atoms with Crippen molar-refractivity contribution in [3.05, 3.63) is 58.3 Å². The van der Waals surface area contributed by atoms with Gasteiger partial charge in [0.05, 0.1) is 46.5 Å². The first-order valence-corrected chi connectivity index (χ1v) is 8.70. The lowest BCUT2D eigenvalue weighted by Crippen LogP contribution is -2.14. The number of nitrogens with zero attached hydrogens (tertiary/aromatic N) is 3. The number of rotatable bonds is 4. The fraction of sp³-hybridized carbons (Fsp3) is 0.167. The Bertz CT molecular complexity index is 1010. The van der Waals surface area contributed by atoms with Gasteiger partial charge in [0.2, 0.25) is 5.88 Å². The van der Waals surface area contributed by atoms with Crippen LogP contribution in [0.4, 0.5) is 18.9 Å². The maximum atomic E-state index is 12.9. The van der Waals surface area contributed by atoms with E-state index in [-0.39, 0.29) is 5.56 Å². The van der Waals surface area contributed by atoms with E-state index < -0.39 is 17.6 Å². The Kier molecular flexibility index (Phi) is 5.41. The minimum atomic E-state index is -4.53. The molecule has 0 spiro atoms. The molecular weight excluding hydrogens is 441 g/mol. The zero-order chi connectivity index (χ0) is 20.5. The Hall–Kier alpha value is -2.88. The summed E-state index contributed by atoms with van der Waals surface area (Å²) in [5, 5.41) is 6.69. The number of amides is 1. The standard InChI is InChI=1S/C18H14BrF3N4O2/c1-26-15(14(19)9-24-26)13-7-12(8-23-17(13)28-2)25-16(27)10-4-3-5-11(6-10)18(20,21)22/h3-9H,1-2H3,(H,25,27). The fourth-order valence-electron chi connectivity index (χ4n) is 2.61. The average molecular weight is 455 g/mol. The van der Waals surface area contributed by atoms with Crippen molar-refractivity contribution in [2.45, 2.75) is 6.18 Å². The number of anilines is 1. The summed E-state index contributed by atoms with van der Waals surface area (Å²) in [5.41, 5.74) is 0.503. The number of alkyl halides is 3. The Balaban J connectivity index is 1.93. The summed E-state index contributed by atoms with van der Waals surface area (Å²) < 4.78 is 46.1. The van der Waals surface area contributed by atoms with Crippen LogP contribution in [-0.2, 0) is 13.2 Å². The van der Waals surface area contributed by atoms with Crippen molar-refractivity contribution < 1.29 is 22.7 Å². The van der Waals surface area contributed by atoms with Gasteiger partial charge in [0.1, 0.15) is 0 Å². The third-order valence-corrected chi connectivity index (χ3v) is 4.48. The molecule has 146 valence electrons. The topological polar surface area (TPSA) is 69.0 Å². The summed E-state index contributed by atoms with van der Waals surface area (Å²) in [6.07, 6.45) is -1.57. The van der Waals surface area contributed by atoms with Crippen molar-refractivity contribution in [2.75, 3.05) is 12.4 Å². The molecule has 0 saturated carbocycles. The molecule has 3 aromatic rings. The molecule has 1 N–H and O–H groups in total. The lowest BCUT2D eigenvalue weighted by atomic mass is 10.1. The van der Waals surface area contributed by atoms with Gasteiger partial charge < -0.3 is 10.1 Å². The summed E-state index contributed by atoms with van der Waals surface area (Å²) in [6.45, 7) is 0. The van der Waals surface area contributed by atoms with Crippen molar-refractivity contribution in [1.82, 2.24) is 14.8 Å². The van der Waals surface area contributed by atoms with Gasteiger partial charge in [0, 0.05) is 12.6 Å². The van der Waals surface area contributed by atoms with E-state index in [0.717, 1.165) is 12.1 Å². The summed E-state index contributed by atoms with van der Waals surface area (Å²) in [7, 11) is 3.18. The number of pyridine rings is 1. The molecule has 0 atom stereocenters. The molecule has 0 radical (unpaired) electrons. The molecule has 2 aromatic heterocycles. The molecule has 0 fully saturated rings. The van der Waals surface area contributed by atoms with Crippen molar-refractivity contribution in [2.24, 2.45) is 7.05 Å². The van der Waals surface area contributed by atoms with Gasteiger partial charge in [-0.15, -0.1) is 0 Å². The monoisotopic (exact) mass is 454 g/mol. The maximum absolute atomic E-state index is 12.9. The quantitative estimate of drug-likeness (QED) is 0.628. The van der Waals surface area contributed by atoms with Crippen molar-refractivity contribution in [3.63, 3.8) is 0 Å². The van der Waals surface area contributed by atoms with Crippen LogP contribution in [0.25, 0.3) is 11.3 Å². The van der Waals surface area contributed by atoms with Gasteiger partial charge in [-0.2, -0.15) is 18.3 Å². The first-order chi connectivity index (χ1) is 13.2. The zero-order valence-electron chi connectivity index (χ0n) is 14.7. The van der Waals surface area contributed by atoms with Crippen LogP contribution in [0.15, 0.2) is 47.2 Å². The number of methoxy groups -OCH3 is 1. The van der Waals surface area contributed by atoms with E-state index >= 15 is 0 Å². The second-order valence-electron chi connectivity index (χ2n) is 5.78. The molecular formula is C18H14BrF3N4O2. The maximum Gasteiger partial charge on any atom is 0.416 e. The van der Waals surface area contributed by atoms with Crippen LogP contribution in [0.5, 0.6) is 5.88 Å². The molecule has 0 unspecified atom stereocenters. The summed E-state index contributed by atoms with van der Waals surface area (Å²) in [5.74, 6) is -0.380. The molecule has 0 bridgehead atoms. The normalized spacial score (nSPS) is 11.4. The molecule has 6 nitrogen and oxygen atoms in total. The minimum Gasteiger partial charge on any atom is -0.481 e. The molecule has 3 rings (SSSR count). The minimum absolute atomic E-state index is 0.117. The molecule has 1 aromatic carbocycles. The summed E-state index contributed by atoms with van der Waals surface area (Å²) >= 11 is 3.40. The van der Waals surface area contributed by atoms with Crippen LogP contribution in [0, 0.1) is 0 Å². The van der Waals surface area contributed by atoms with E-state index in [4.69, 9.17) is 4.74 Å². The van der Waals surface area contributed by atoms with Crippen molar-refractivity contribution in [3.8, 4) is 17.1 Å². The number of aryl methyl sites for hydroxylation is 1. The number of carbonyl (C=O) groups is 1. The molecule has 0 saturated heterocycles. The highest BCUT2D eigenvalue weighted by atomic mass is 79.9. The van der Waals surface area contributed by atoms with Gasteiger partial charge in [-0.25, -0.2) is 4.98 Å². The molecule has 1 amide bonds. The third kappa shape index (κ3) is 4.01. The largest absolute Gasteiger partial charge is 0.481 e. The third-order valence-electron chi connectivity index (χ3n) is 3.90. The van der Waals surface area contributed by atoms with Gasteiger partial charge in [-0.1, -0.05) is 6.07 Å². The van der Waals surface area contributed by atoms with E-state index in [2.05, 4.69) is 31.3 Å². The Morgan fingerprint density at radius 3 is 2.61 bits per heavy atom. The highest BCUT2D eigenvalue weighted by Gasteiger charge is 2.31. The summed E-state index contributed by atoms with van der Waals surface area (Å²) in [6, 6.07) is 5.80. The van der Waals surface area contributed by atoms with Gasteiger partial charge in [0.15, 0.2) is 0 Å². The van der Waals surface area contributed by atoms with Crippen LogP contribution >= 0.6 is 15.9 Å². The predicted molar refractivity (Wildman–Crippen MR) is 100 cm³/mol.